The lowest BCUT2D eigenvalue weighted by Gasteiger charge is -2.40. The van der Waals surface area contributed by atoms with Crippen molar-refractivity contribution in [3.05, 3.63) is 34.9 Å². The van der Waals surface area contributed by atoms with Gasteiger partial charge < -0.3 is 9.47 Å². The minimum atomic E-state index is -0.0714. The number of halogens is 1. The smallest absolute Gasteiger partial charge is 0.0939 e. The summed E-state index contributed by atoms with van der Waals surface area (Å²) in [7, 11) is 0. The molecule has 0 amide bonds. The van der Waals surface area contributed by atoms with Crippen LogP contribution in [0.2, 0.25) is 5.02 Å². The fourth-order valence-electron chi connectivity index (χ4n) is 3.51. The molecule has 116 valence electrons. The van der Waals surface area contributed by atoms with E-state index in [1.165, 1.54) is 5.56 Å². The van der Waals surface area contributed by atoms with Crippen LogP contribution in [0.1, 0.15) is 24.8 Å². The van der Waals surface area contributed by atoms with E-state index in [1.54, 1.807) is 0 Å². The highest BCUT2D eigenvalue weighted by Crippen LogP contribution is 2.37. The number of benzene rings is 1. The number of nitrogens with one attached hydrogen (secondary N) is 1. The fraction of sp³-hybridized carbons (Fsp3) is 0.625. The van der Waals surface area contributed by atoms with Crippen LogP contribution in [0.4, 0.5) is 0 Å². The van der Waals surface area contributed by atoms with E-state index < -0.39 is 0 Å². The molecule has 3 rings (SSSR count). The average Bonchev–Trinajstić information content (AvgIpc) is 2.94. The largest absolute Gasteiger partial charge is 0.378 e. The molecular weight excluding hydrogens is 288 g/mol. The summed E-state index contributed by atoms with van der Waals surface area (Å²) in [5.41, 5.74) is 4.20. The van der Waals surface area contributed by atoms with Crippen LogP contribution >= 0.6 is 11.6 Å². The summed E-state index contributed by atoms with van der Waals surface area (Å²) in [6, 6.07) is 8.26. The third-order valence-electron chi connectivity index (χ3n) is 4.75. The zero-order valence-corrected chi connectivity index (χ0v) is 12.9. The van der Waals surface area contributed by atoms with Gasteiger partial charge in [-0.25, -0.2) is 0 Å². The van der Waals surface area contributed by atoms with Crippen LogP contribution in [0.15, 0.2) is 24.3 Å². The number of hydrogen-bond acceptors (Lipinski definition) is 4. The van der Waals surface area contributed by atoms with E-state index in [9.17, 15) is 0 Å². The molecule has 1 aromatic carbocycles. The van der Waals surface area contributed by atoms with Gasteiger partial charge in [0.05, 0.1) is 12.2 Å². The van der Waals surface area contributed by atoms with Crippen molar-refractivity contribution >= 4 is 11.6 Å². The van der Waals surface area contributed by atoms with Gasteiger partial charge in [-0.15, -0.1) is 0 Å². The lowest BCUT2D eigenvalue weighted by Crippen LogP contribution is -2.50. The Hall–Kier alpha value is -0.650. The van der Waals surface area contributed by atoms with Crippen molar-refractivity contribution in [3.63, 3.8) is 0 Å². The molecule has 3 N–H and O–H groups in total. The SMILES string of the molecule is NNC(Cc1ccc(Cl)cc1)C1CCOC2(CCOC2)C1. The van der Waals surface area contributed by atoms with E-state index in [-0.39, 0.29) is 11.6 Å². The van der Waals surface area contributed by atoms with E-state index in [0.29, 0.717) is 5.92 Å². The number of rotatable bonds is 4. The van der Waals surface area contributed by atoms with Gasteiger partial charge in [-0.3, -0.25) is 11.3 Å². The zero-order valence-electron chi connectivity index (χ0n) is 12.2. The second kappa shape index (κ2) is 6.63. The Balaban J connectivity index is 1.66. The summed E-state index contributed by atoms with van der Waals surface area (Å²) < 4.78 is 11.5. The molecule has 1 aromatic rings. The standard InChI is InChI=1S/C16H23ClN2O2/c17-14-3-1-12(2-4-14)9-15(19-18)13-5-7-21-16(10-13)6-8-20-11-16/h1-4,13,15,19H,5-11,18H2. The molecule has 2 aliphatic rings. The molecule has 0 aliphatic carbocycles. The van der Waals surface area contributed by atoms with Gasteiger partial charge in [0.15, 0.2) is 0 Å². The van der Waals surface area contributed by atoms with Gasteiger partial charge >= 0.3 is 0 Å². The van der Waals surface area contributed by atoms with E-state index >= 15 is 0 Å². The molecule has 0 bridgehead atoms. The number of nitrogens with two attached hydrogens (primary N) is 1. The van der Waals surface area contributed by atoms with Crippen molar-refractivity contribution in [3.8, 4) is 0 Å². The fourth-order valence-corrected chi connectivity index (χ4v) is 3.63. The average molecular weight is 311 g/mol. The topological polar surface area (TPSA) is 56.5 Å². The van der Waals surface area contributed by atoms with Gasteiger partial charge in [-0.1, -0.05) is 23.7 Å². The van der Waals surface area contributed by atoms with Crippen LogP contribution in [-0.2, 0) is 15.9 Å². The van der Waals surface area contributed by atoms with E-state index in [0.717, 1.165) is 50.5 Å². The Kier molecular flexibility index (Phi) is 4.82. The lowest BCUT2D eigenvalue weighted by molar-refractivity contribution is -0.103. The Labute approximate surface area is 130 Å². The number of hydrazine groups is 1. The van der Waals surface area contributed by atoms with Gasteiger partial charge in [-0.2, -0.15) is 0 Å². The molecule has 0 radical (unpaired) electrons. The predicted octanol–water partition coefficient (Wildman–Crippen LogP) is 2.30. The first-order valence-electron chi connectivity index (χ1n) is 7.63. The van der Waals surface area contributed by atoms with Crippen molar-refractivity contribution in [1.29, 1.82) is 0 Å². The maximum absolute atomic E-state index is 6.01. The minimum absolute atomic E-state index is 0.0714. The van der Waals surface area contributed by atoms with E-state index in [1.807, 2.05) is 12.1 Å². The van der Waals surface area contributed by atoms with E-state index in [2.05, 4.69) is 17.6 Å². The second-order valence-electron chi connectivity index (χ2n) is 6.19. The van der Waals surface area contributed by atoms with Gasteiger partial charge in [0.25, 0.3) is 0 Å². The predicted molar refractivity (Wildman–Crippen MR) is 83.1 cm³/mol. The molecular formula is C16H23ClN2O2. The highest BCUT2D eigenvalue weighted by Gasteiger charge is 2.42. The lowest BCUT2D eigenvalue weighted by atomic mass is 9.79. The molecule has 5 heteroatoms. The highest BCUT2D eigenvalue weighted by molar-refractivity contribution is 6.30. The summed E-state index contributed by atoms with van der Waals surface area (Å²) in [6.07, 6.45) is 3.98. The Bertz CT molecular complexity index is 460. The van der Waals surface area contributed by atoms with Crippen molar-refractivity contribution in [2.24, 2.45) is 11.8 Å². The molecule has 2 aliphatic heterocycles. The number of hydrogen-bond donors (Lipinski definition) is 2. The van der Waals surface area contributed by atoms with Gasteiger partial charge in [0.2, 0.25) is 0 Å². The molecule has 2 heterocycles. The first-order valence-corrected chi connectivity index (χ1v) is 8.01. The molecule has 4 nitrogen and oxygen atoms in total. The Morgan fingerprint density at radius 3 is 2.81 bits per heavy atom. The zero-order chi connectivity index (χ0) is 14.7. The van der Waals surface area contributed by atoms with Crippen LogP contribution in [0, 0.1) is 5.92 Å². The van der Waals surface area contributed by atoms with Crippen molar-refractivity contribution in [2.75, 3.05) is 19.8 Å². The summed E-state index contributed by atoms with van der Waals surface area (Å²) >= 11 is 5.94. The first kappa shape index (κ1) is 15.3. The first-order chi connectivity index (χ1) is 10.2. The molecule has 0 aromatic heterocycles. The molecule has 3 unspecified atom stereocenters. The summed E-state index contributed by atoms with van der Waals surface area (Å²) in [6.45, 7) is 2.33. The van der Waals surface area contributed by atoms with Crippen molar-refractivity contribution in [1.82, 2.24) is 5.43 Å². The van der Waals surface area contributed by atoms with Crippen LogP contribution in [0.25, 0.3) is 0 Å². The molecule has 0 saturated carbocycles. The summed E-state index contributed by atoms with van der Waals surface area (Å²) in [5.74, 6) is 6.34. The van der Waals surface area contributed by atoms with Crippen LogP contribution in [0.5, 0.6) is 0 Å². The van der Waals surface area contributed by atoms with Gasteiger partial charge in [0, 0.05) is 30.7 Å². The summed E-state index contributed by atoms with van der Waals surface area (Å²) in [5, 5.41) is 0.768. The van der Waals surface area contributed by atoms with E-state index in [4.69, 9.17) is 26.9 Å². The third kappa shape index (κ3) is 3.58. The Morgan fingerprint density at radius 1 is 1.33 bits per heavy atom. The molecule has 1 spiro atoms. The minimum Gasteiger partial charge on any atom is -0.378 e. The third-order valence-corrected chi connectivity index (χ3v) is 5.00. The quantitative estimate of drug-likeness (QED) is 0.662. The second-order valence-corrected chi connectivity index (χ2v) is 6.63. The normalized spacial score (nSPS) is 30.7. The summed E-state index contributed by atoms with van der Waals surface area (Å²) in [4.78, 5) is 0. The molecule has 3 atom stereocenters. The Morgan fingerprint density at radius 2 is 2.14 bits per heavy atom. The van der Waals surface area contributed by atoms with Crippen molar-refractivity contribution in [2.45, 2.75) is 37.3 Å². The number of ether oxygens (including phenoxy) is 2. The molecule has 2 fully saturated rings. The highest BCUT2D eigenvalue weighted by atomic mass is 35.5. The van der Waals surface area contributed by atoms with Crippen molar-refractivity contribution < 1.29 is 9.47 Å². The van der Waals surface area contributed by atoms with Crippen LogP contribution < -0.4 is 11.3 Å². The molecule has 21 heavy (non-hydrogen) atoms. The molecule has 2 saturated heterocycles. The van der Waals surface area contributed by atoms with Crippen LogP contribution in [0.3, 0.4) is 0 Å². The van der Waals surface area contributed by atoms with Crippen LogP contribution in [-0.4, -0.2) is 31.5 Å². The van der Waals surface area contributed by atoms with Gasteiger partial charge in [-0.05, 0) is 42.9 Å². The maximum Gasteiger partial charge on any atom is 0.0939 e. The monoisotopic (exact) mass is 310 g/mol. The van der Waals surface area contributed by atoms with Gasteiger partial charge in [0.1, 0.15) is 0 Å². The maximum atomic E-state index is 6.01.